The molecule has 196 valence electrons. The number of nitrogens with zero attached hydrogens (tertiary/aromatic N) is 2. The Bertz CT molecular complexity index is 863. The molecule has 1 aromatic rings. The lowest BCUT2D eigenvalue weighted by atomic mass is 9.91. The van der Waals surface area contributed by atoms with E-state index in [-0.39, 0.29) is 10.8 Å². The van der Waals surface area contributed by atoms with Gasteiger partial charge in [-0.25, -0.2) is 0 Å². The molecule has 35 heavy (non-hydrogen) atoms. The van der Waals surface area contributed by atoms with E-state index < -0.39 is 11.7 Å². The topological polar surface area (TPSA) is 18.5 Å². The minimum atomic E-state index is -4.31. The smallest absolute Gasteiger partial charge is 0.371 e. The van der Waals surface area contributed by atoms with Gasteiger partial charge in [0.2, 0.25) is 0 Å². The first-order valence-corrected chi connectivity index (χ1v) is 14.4. The second-order valence-electron chi connectivity index (χ2n) is 11.8. The molecule has 4 fully saturated rings. The zero-order valence-electron chi connectivity index (χ0n) is 21.1. The monoisotopic (exact) mass is 509 g/mol. The number of nitrogens with one attached hydrogen (secondary N) is 1. The first-order valence-electron chi connectivity index (χ1n) is 13.9. The van der Waals surface area contributed by atoms with Crippen molar-refractivity contribution in [3.05, 3.63) is 29.3 Å². The molecule has 1 N–H and O–H groups in total. The first kappa shape index (κ1) is 25.7. The van der Waals surface area contributed by atoms with Gasteiger partial charge in [-0.1, -0.05) is 32.3 Å². The highest BCUT2D eigenvalue weighted by Gasteiger charge is 2.42. The number of benzene rings is 1. The highest BCUT2D eigenvalue weighted by atomic mass is 32.1. The summed E-state index contributed by atoms with van der Waals surface area (Å²) in [4.78, 5) is 4.65. The van der Waals surface area contributed by atoms with Gasteiger partial charge in [-0.05, 0) is 80.9 Å². The summed E-state index contributed by atoms with van der Waals surface area (Å²) in [6.07, 6.45) is 8.53. The number of hydrogen-bond acceptors (Lipinski definition) is 4. The molecule has 0 aromatic heterocycles. The van der Waals surface area contributed by atoms with Crippen LogP contribution in [0.15, 0.2) is 18.2 Å². The Morgan fingerprint density at radius 1 is 0.971 bits per heavy atom. The molecule has 3 atom stereocenters. The van der Waals surface area contributed by atoms with Crippen LogP contribution in [0.2, 0.25) is 0 Å². The van der Waals surface area contributed by atoms with Gasteiger partial charge < -0.3 is 4.90 Å². The van der Waals surface area contributed by atoms with Crippen molar-refractivity contribution in [3.8, 4) is 0 Å². The summed E-state index contributed by atoms with van der Waals surface area (Å²) in [7, 11) is 0. The molecular formula is C28H42F3N3S. The van der Waals surface area contributed by atoms with Gasteiger partial charge in [0.1, 0.15) is 0 Å². The van der Waals surface area contributed by atoms with E-state index in [0.29, 0.717) is 12.0 Å². The molecule has 2 aliphatic carbocycles. The maximum Gasteiger partial charge on any atom is 0.416 e. The van der Waals surface area contributed by atoms with Crippen molar-refractivity contribution >= 4 is 18.3 Å². The number of anilines is 1. The molecule has 1 aromatic carbocycles. The second-order valence-corrected chi connectivity index (χ2v) is 12.7. The fourth-order valence-corrected chi connectivity index (χ4v) is 7.60. The molecule has 0 spiro atoms. The van der Waals surface area contributed by atoms with Crippen molar-refractivity contribution in [2.24, 2.45) is 5.92 Å². The van der Waals surface area contributed by atoms with Crippen molar-refractivity contribution in [2.45, 2.75) is 107 Å². The number of piperidine rings is 1. The third-order valence-electron chi connectivity index (χ3n) is 9.20. The van der Waals surface area contributed by atoms with E-state index in [2.05, 4.69) is 22.0 Å². The zero-order chi connectivity index (χ0) is 24.6. The summed E-state index contributed by atoms with van der Waals surface area (Å²) in [6, 6.07) is 5.68. The SMILES string of the molecule is CC1CCN(c2cc(C(F)(F)F)ccc2C2CCC(S)(NC3CCN(C4CCCCC4)C3)C2)CC1. The minimum Gasteiger partial charge on any atom is -0.371 e. The van der Waals surface area contributed by atoms with Crippen molar-refractivity contribution in [1.82, 2.24) is 10.2 Å². The standard InChI is InChI=1S/C28H42F3N3S/c1-20-10-14-33(15-11-20)26-17-22(28(29,30)31)7-8-25(26)21-9-13-27(35,18-21)32-23-12-16-34(19-23)24-5-3-2-4-6-24/h7-8,17,20-21,23-24,32,35H,2-6,9-16,18-19H2,1H3. The molecular weight excluding hydrogens is 467 g/mol. The quantitative estimate of drug-likeness (QED) is 0.335. The summed E-state index contributed by atoms with van der Waals surface area (Å²) in [6.45, 7) is 6.19. The first-order chi connectivity index (χ1) is 16.7. The van der Waals surface area contributed by atoms with E-state index in [1.54, 1.807) is 6.07 Å². The molecule has 0 radical (unpaired) electrons. The predicted octanol–water partition coefficient (Wildman–Crippen LogP) is 6.83. The maximum atomic E-state index is 13.6. The molecule has 2 heterocycles. The van der Waals surface area contributed by atoms with Gasteiger partial charge in [-0.3, -0.25) is 10.2 Å². The average molecular weight is 510 g/mol. The largest absolute Gasteiger partial charge is 0.416 e. The minimum absolute atomic E-state index is 0.242. The molecule has 2 aliphatic heterocycles. The van der Waals surface area contributed by atoms with E-state index >= 15 is 0 Å². The van der Waals surface area contributed by atoms with E-state index in [1.807, 2.05) is 0 Å². The Morgan fingerprint density at radius 3 is 2.43 bits per heavy atom. The van der Waals surface area contributed by atoms with Crippen molar-refractivity contribution in [1.29, 1.82) is 0 Å². The van der Waals surface area contributed by atoms with Crippen LogP contribution in [0, 0.1) is 5.92 Å². The molecule has 0 bridgehead atoms. The maximum absolute atomic E-state index is 13.6. The van der Waals surface area contributed by atoms with Crippen LogP contribution in [-0.4, -0.2) is 48.0 Å². The Hall–Kier alpha value is -0.920. The number of alkyl halides is 3. The van der Waals surface area contributed by atoms with Crippen LogP contribution in [-0.2, 0) is 6.18 Å². The van der Waals surface area contributed by atoms with E-state index in [1.165, 1.54) is 57.2 Å². The van der Waals surface area contributed by atoms with Crippen molar-refractivity contribution in [3.63, 3.8) is 0 Å². The normalized spacial score (nSPS) is 32.0. The molecule has 4 aliphatic rings. The summed E-state index contributed by atoms with van der Waals surface area (Å²) < 4.78 is 40.7. The number of rotatable bonds is 5. The molecule has 0 amide bonds. The van der Waals surface area contributed by atoms with Gasteiger partial charge in [-0.2, -0.15) is 25.8 Å². The van der Waals surface area contributed by atoms with Gasteiger partial charge in [0.05, 0.1) is 10.4 Å². The van der Waals surface area contributed by atoms with Crippen LogP contribution >= 0.6 is 12.6 Å². The molecule has 3 nitrogen and oxygen atoms in total. The molecule has 2 saturated carbocycles. The van der Waals surface area contributed by atoms with Crippen molar-refractivity contribution in [2.75, 3.05) is 31.1 Å². The summed E-state index contributed by atoms with van der Waals surface area (Å²) in [5.74, 6) is 0.883. The highest BCUT2D eigenvalue weighted by molar-refractivity contribution is 7.81. The van der Waals surface area contributed by atoms with Gasteiger partial charge in [0.25, 0.3) is 0 Å². The lowest BCUT2D eigenvalue weighted by Crippen LogP contribution is -2.46. The fraction of sp³-hybridized carbons (Fsp3) is 0.786. The third-order valence-corrected chi connectivity index (χ3v) is 9.73. The lowest BCUT2D eigenvalue weighted by molar-refractivity contribution is -0.137. The number of halogens is 3. The van der Waals surface area contributed by atoms with Gasteiger partial charge in [-0.15, -0.1) is 0 Å². The van der Waals surface area contributed by atoms with Crippen LogP contribution in [0.5, 0.6) is 0 Å². The summed E-state index contributed by atoms with van der Waals surface area (Å²) >= 11 is 5.14. The Balaban J connectivity index is 1.27. The zero-order valence-corrected chi connectivity index (χ0v) is 22.0. The average Bonchev–Trinajstić information content (AvgIpc) is 3.46. The Labute approximate surface area is 214 Å². The van der Waals surface area contributed by atoms with E-state index in [4.69, 9.17) is 12.6 Å². The Morgan fingerprint density at radius 2 is 1.71 bits per heavy atom. The summed E-state index contributed by atoms with van der Waals surface area (Å²) in [5, 5.41) is 3.89. The summed E-state index contributed by atoms with van der Waals surface area (Å²) in [5.41, 5.74) is 1.36. The lowest BCUT2D eigenvalue weighted by Gasteiger charge is -2.35. The molecule has 7 heteroatoms. The van der Waals surface area contributed by atoms with Crippen LogP contribution in [0.3, 0.4) is 0 Å². The highest BCUT2D eigenvalue weighted by Crippen LogP contribution is 2.47. The Kier molecular flexibility index (Phi) is 7.68. The predicted molar refractivity (Wildman–Crippen MR) is 140 cm³/mol. The number of thiol groups is 1. The molecule has 2 saturated heterocycles. The number of hydrogen-bond donors (Lipinski definition) is 2. The van der Waals surface area contributed by atoms with Crippen LogP contribution in [0.1, 0.15) is 94.6 Å². The number of likely N-dealkylation sites (tertiary alicyclic amines) is 1. The second kappa shape index (κ2) is 10.4. The van der Waals surface area contributed by atoms with Crippen LogP contribution in [0.4, 0.5) is 18.9 Å². The van der Waals surface area contributed by atoms with Gasteiger partial charge in [0.15, 0.2) is 0 Å². The van der Waals surface area contributed by atoms with Crippen LogP contribution < -0.4 is 10.2 Å². The van der Waals surface area contributed by atoms with E-state index in [9.17, 15) is 13.2 Å². The van der Waals surface area contributed by atoms with Gasteiger partial charge in [0, 0.05) is 44.0 Å². The van der Waals surface area contributed by atoms with E-state index in [0.717, 1.165) is 69.0 Å². The van der Waals surface area contributed by atoms with Crippen LogP contribution in [0.25, 0.3) is 0 Å². The third kappa shape index (κ3) is 5.98. The molecule has 3 unspecified atom stereocenters. The fourth-order valence-electron chi connectivity index (χ4n) is 7.07. The van der Waals surface area contributed by atoms with Crippen molar-refractivity contribution < 1.29 is 13.2 Å². The molecule has 5 rings (SSSR count). The van der Waals surface area contributed by atoms with Gasteiger partial charge >= 0.3 is 6.18 Å².